The highest BCUT2D eigenvalue weighted by Gasteiger charge is 2.17. The molecule has 0 radical (unpaired) electrons. The molecule has 0 atom stereocenters. The van der Waals surface area contributed by atoms with Crippen molar-refractivity contribution < 1.29 is 17.6 Å². The largest absolute Gasteiger partial charge is 0.337 e. The molecule has 0 bridgehead atoms. The number of hydrogen-bond acceptors (Lipinski definition) is 7. The van der Waals surface area contributed by atoms with Crippen LogP contribution in [0.4, 0.5) is 10.1 Å². The Hall–Kier alpha value is -4.97. The first-order chi connectivity index (χ1) is 21.0. The van der Waals surface area contributed by atoms with Gasteiger partial charge in [0.25, 0.3) is 0 Å². The number of para-hydroxylation sites is 1. The predicted molar refractivity (Wildman–Crippen MR) is 169 cm³/mol. The molecule has 6 aromatic rings. The van der Waals surface area contributed by atoms with Crippen LogP contribution in [0.2, 0.25) is 0 Å². The maximum absolute atomic E-state index is 14.6. The lowest BCUT2D eigenvalue weighted by molar-refractivity contribution is -0.116. The monoisotopic (exact) mass is 611 g/mol. The Kier molecular flexibility index (Phi) is 7.68. The second-order valence-electron chi connectivity index (χ2n) is 11.3. The van der Waals surface area contributed by atoms with Gasteiger partial charge in [0.2, 0.25) is 5.91 Å². The van der Waals surface area contributed by atoms with Crippen LogP contribution in [0.3, 0.4) is 0 Å². The third-order valence-corrected chi connectivity index (χ3v) is 8.07. The summed E-state index contributed by atoms with van der Waals surface area (Å²) in [5.74, 6) is 0.157. The number of nitrogens with zero attached hydrogens (tertiary/aromatic N) is 4. The smallest absolute Gasteiger partial charge is 0.224 e. The van der Waals surface area contributed by atoms with E-state index in [4.69, 9.17) is 4.98 Å². The number of anilines is 1. The highest BCUT2D eigenvalue weighted by Crippen LogP contribution is 2.33. The summed E-state index contributed by atoms with van der Waals surface area (Å²) in [6.07, 6.45) is 6.76. The Morgan fingerprint density at radius 1 is 1.02 bits per heavy atom. The third kappa shape index (κ3) is 6.35. The Morgan fingerprint density at radius 2 is 1.86 bits per heavy atom. The van der Waals surface area contributed by atoms with Crippen LogP contribution in [0, 0.1) is 11.7 Å². The molecule has 12 heteroatoms. The first-order valence-electron chi connectivity index (χ1n) is 14.1. The standard InChI is InChI=1S/C32H30FN7O3S/c1-18(2)9-29(41)36-23-13-21(15-34-16-23)27-14-25-28(17-35-27)39-40-31(25)32-37-26-6-4-5-24(30(26)38-32)20-10-19(11-22(33)12-20)7-8-44(3,42)43/h4-6,10-18H,7-9H2,1-3H3,(H,36,41)(H,37,38)(H,39,40). The number of aryl methyl sites for hydroxylation is 1. The van der Waals surface area contributed by atoms with Gasteiger partial charge in [-0.2, -0.15) is 5.10 Å². The average Bonchev–Trinajstić information content (AvgIpc) is 3.59. The highest BCUT2D eigenvalue weighted by molar-refractivity contribution is 7.90. The fourth-order valence-corrected chi connectivity index (χ4v) is 5.72. The van der Waals surface area contributed by atoms with E-state index >= 15 is 0 Å². The molecule has 4 aromatic heterocycles. The van der Waals surface area contributed by atoms with E-state index in [0.717, 1.165) is 16.5 Å². The van der Waals surface area contributed by atoms with Crippen molar-refractivity contribution in [2.45, 2.75) is 26.7 Å². The first kappa shape index (κ1) is 29.1. The molecule has 0 aliphatic rings. The third-order valence-electron chi connectivity index (χ3n) is 7.13. The lowest BCUT2D eigenvalue weighted by atomic mass is 10.0. The van der Waals surface area contributed by atoms with Crippen LogP contribution >= 0.6 is 0 Å². The molecule has 0 unspecified atom stereocenters. The van der Waals surface area contributed by atoms with Gasteiger partial charge < -0.3 is 10.3 Å². The number of aromatic amines is 2. The molecule has 6 rings (SSSR count). The number of H-pyrrole nitrogens is 2. The van der Waals surface area contributed by atoms with Crippen LogP contribution in [-0.4, -0.2) is 56.5 Å². The predicted octanol–water partition coefficient (Wildman–Crippen LogP) is 5.94. The Morgan fingerprint density at radius 3 is 2.66 bits per heavy atom. The lowest BCUT2D eigenvalue weighted by Crippen LogP contribution is -2.13. The summed E-state index contributed by atoms with van der Waals surface area (Å²) < 4.78 is 38.0. The average molecular weight is 612 g/mol. The molecular formula is C32H30FN7O3S. The molecule has 0 saturated carbocycles. The van der Waals surface area contributed by atoms with Gasteiger partial charge in [0.1, 0.15) is 21.3 Å². The van der Waals surface area contributed by atoms with E-state index in [0.29, 0.717) is 57.0 Å². The fraction of sp³-hybridized carbons (Fsp3) is 0.219. The summed E-state index contributed by atoms with van der Waals surface area (Å²) in [5, 5.41) is 11.2. The van der Waals surface area contributed by atoms with Crippen molar-refractivity contribution in [2.75, 3.05) is 17.3 Å². The Bertz CT molecular complexity index is 2140. The van der Waals surface area contributed by atoms with E-state index in [1.165, 1.54) is 18.4 Å². The fourth-order valence-electron chi connectivity index (χ4n) is 5.12. The van der Waals surface area contributed by atoms with Crippen molar-refractivity contribution in [2.24, 2.45) is 5.92 Å². The molecule has 0 spiro atoms. The lowest BCUT2D eigenvalue weighted by Gasteiger charge is -2.08. The zero-order chi connectivity index (χ0) is 31.0. The Balaban J connectivity index is 1.36. The maximum Gasteiger partial charge on any atom is 0.224 e. The van der Waals surface area contributed by atoms with E-state index < -0.39 is 15.7 Å². The van der Waals surface area contributed by atoms with Crippen molar-refractivity contribution in [3.63, 3.8) is 0 Å². The molecule has 4 heterocycles. The number of aromatic nitrogens is 6. The summed E-state index contributed by atoms with van der Waals surface area (Å²) in [4.78, 5) is 29.3. The van der Waals surface area contributed by atoms with Crippen LogP contribution in [0.25, 0.3) is 55.8 Å². The molecule has 3 N–H and O–H groups in total. The van der Waals surface area contributed by atoms with Crippen LogP contribution in [0.1, 0.15) is 25.8 Å². The highest BCUT2D eigenvalue weighted by atomic mass is 32.2. The van der Waals surface area contributed by atoms with Crippen molar-refractivity contribution in [3.8, 4) is 33.9 Å². The number of carbonyl (C=O) groups is 1. The molecule has 1 amide bonds. The molecule has 10 nitrogen and oxygen atoms in total. The molecule has 0 aliphatic carbocycles. The molecule has 0 fully saturated rings. The van der Waals surface area contributed by atoms with Crippen LogP contribution < -0.4 is 5.32 Å². The van der Waals surface area contributed by atoms with Gasteiger partial charge in [0.05, 0.1) is 46.1 Å². The van der Waals surface area contributed by atoms with E-state index in [9.17, 15) is 17.6 Å². The number of sulfone groups is 1. The van der Waals surface area contributed by atoms with Gasteiger partial charge in [-0.25, -0.2) is 17.8 Å². The van der Waals surface area contributed by atoms with Crippen molar-refractivity contribution in [1.29, 1.82) is 0 Å². The summed E-state index contributed by atoms with van der Waals surface area (Å²) in [6.45, 7) is 3.97. The number of nitrogens with one attached hydrogen (secondary N) is 3. The van der Waals surface area contributed by atoms with Crippen molar-refractivity contribution >= 4 is 43.4 Å². The van der Waals surface area contributed by atoms with Crippen LogP contribution in [0.15, 0.2) is 67.1 Å². The summed E-state index contributed by atoms with van der Waals surface area (Å²) in [6, 6.07) is 13.9. The van der Waals surface area contributed by atoms with Gasteiger partial charge in [-0.1, -0.05) is 32.0 Å². The van der Waals surface area contributed by atoms with Gasteiger partial charge in [0.15, 0.2) is 5.82 Å². The SMILES string of the molecule is CC(C)CC(=O)Nc1cncc(-c2cc3c(-c4nc5c(-c6cc(F)cc(CCS(C)(=O)=O)c6)cccc5[nH]4)n[nH]c3cn2)c1. The van der Waals surface area contributed by atoms with Crippen molar-refractivity contribution in [3.05, 3.63) is 78.5 Å². The second-order valence-corrected chi connectivity index (χ2v) is 13.6. The number of amides is 1. The number of fused-ring (bicyclic) bond motifs is 2. The van der Waals surface area contributed by atoms with Gasteiger partial charge in [-0.05, 0) is 53.8 Å². The van der Waals surface area contributed by atoms with E-state index in [1.54, 1.807) is 24.7 Å². The number of imidazole rings is 1. The van der Waals surface area contributed by atoms with E-state index in [2.05, 4.69) is 30.5 Å². The van der Waals surface area contributed by atoms with Crippen LogP contribution in [-0.2, 0) is 21.1 Å². The minimum absolute atomic E-state index is 0.0666. The summed E-state index contributed by atoms with van der Waals surface area (Å²) in [5.41, 5.74) is 6.50. The molecular weight excluding hydrogens is 581 g/mol. The topological polar surface area (TPSA) is 146 Å². The van der Waals surface area contributed by atoms with Crippen LogP contribution in [0.5, 0.6) is 0 Å². The number of benzene rings is 2. The molecule has 2 aromatic carbocycles. The minimum atomic E-state index is -3.19. The van der Waals surface area contributed by atoms with E-state index in [1.807, 2.05) is 44.2 Å². The molecule has 44 heavy (non-hydrogen) atoms. The minimum Gasteiger partial charge on any atom is -0.337 e. The zero-order valence-corrected chi connectivity index (χ0v) is 25.2. The molecule has 0 aliphatic heterocycles. The van der Waals surface area contributed by atoms with Crippen molar-refractivity contribution in [1.82, 2.24) is 30.1 Å². The van der Waals surface area contributed by atoms with Gasteiger partial charge in [-0.15, -0.1) is 0 Å². The summed E-state index contributed by atoms with van der Waals surface area (Å²) >= 11 is 0. The second kappa shape index (κ2) is 11.6. The summed E-state index contributed by atoms with van der Waals surface area (Å²) in [7, 11) is -3.19. The van der Waals surface area contributed by atoms with Gasteiger partial charge in [0, 0.05) is 35.4 Å². The molecule has 224 valence electrons. The number of rotatable bonds is 9. The normalized spacial score (nSPS) is 11.9. The number of halogens is 1. The quantitative estimate of drug-likeness (QED) is 0.183. The number of carbonyl (C=O) groups excluding carboxylic acids is 1. The zero-order valence-electron chi connectivity index (χ0n) is 24.3. The number of pyridine rings is 2. The van der Waals surface area contributed by atoms with Gasteiger partial charge >= 0.3 is 0 Å². The first-order valence-corrected chi connectivity index (χ1v) is 16.1. The molecule has 0 saturated heterocycles. The maximum atomic E-state index is 14.6. The number of hydrogen-bond donors (Lipinski definition) is 3. The van der Waals surface area contributed by atoms with E-state index in [-0.39, 0.29) is 24.0 Å². The Labute approximate surface area is 253 Å². The van der Waals surface area contributed by atoms with Gasteiger partial charge in [-0.3, -0.25) is 19.9 Å².